The Labute approximate surface area is 157 Å². The Morgan fingerprint density at radius 1 is 1.31 bits per heavy atom. The Kier molecular flexibility index (Phi) is 6.21. The zero-order valence-corrected chi connectivity index (χ0v) is 16.2. The molecule has 0 fully saturated rings. The summed E-state index contributed by atoms with van der Waals surface area (Å²) >= 11 is 6.04. The number of carbonyl (C=O) groups is 2. The number of hydrogen-bond donors (Lipinski definition) is 1. The van der Waals surface area contributed by atoms with Crippen LogP contribution in [0.5, 0.6) is 0 Å². The lowest BCUT2D eigenvalue weighted by Crippen LogP contribution is -2.29. The molecular weight excluding hydrogens is 354 g/mol. The van der Waals surface area contributed by atoms with E-state index in [-0.39, 0.29) is 0 Å². The van der Waals surface area contributed by atoms with Crippen molar-refractivity contribution in [2.45, 2.75) is 33.8 Å². The van der Waals surface area contributed by atoms with E-state index >= 15 is 0 Å². The average molecular weight is 376 g/mol. The number of aryl methyl sites for hydroxylation is 2. The number of benzene rings is 1. The predicted molar refractivity (Wildman–Crippen MR) is 102 cm³/mol. The van der Waals surface area contributed by atoms with Crippen molar-refractivity contribution in [2.75, 3.05) is 5.32 Å². The van der Waals surface area contributed by atoms with E-state index in [1.165, 1.54) is 13.0 Å². The summed E-state index contributed by atoms with van der Waals surface area (Å²) in [6, 6.07) is 5.22. The molecule has 1 atom stereocenters. The van der Waals surface area contributed by atoms with E-state index in [0.29, 0.717) is 10.7 Å². The maximum Gasteiger partial charge on any atom is 0.331 e. The van der Waals surface area contributed by atoms with Crippen LogP contribution in [0, 0.1) is 20.8 Å². The number of esters is 1. The van der Waals surface area contributed by atoms with Gasteiger partial charge in [-0.2, -0.15) is 5.10 Å². The van der Waals surface area contributed by atoms with Gasteiger partial charge in [-0.25, -0.2) is 4.79 Å². The van der Waals surface area contributed by atoms with Gasteiger partial charge in [0.25, 0.3) is 5.91 Å². The Balaban J connectivity index is 1.99. The first-order valence-corrected chi connectivity index (χ1v) is 8.53. The van der Waals surface area contributed by atoms with E-state index in [0.717, 1.165) is 22.5 Å². The standard InChI is InChI=1S/C19H22ClN3O3/c1-11-16(20)7-6-8-17(11)21-19(25)14(4)26-18(24)10-9-15-12(2)22-23(5)13(15)3/h6-10,14H,1-5H3,(H,21,25)/b10-9+/t14-/m0/s1. The number of carbonyl (C=O) groups excluding carboxylic acids is 2. The smallest absolute Gasteiger partial charge is 0.331 e. The Bertz CT molecular complexity index is 871. The molecule has 6 nitrogen and oxygen atoms in total. The molecule has 1 N–H and O–H groups in total. The summed E-state index contributed by atoms with van der Waals surface area (Å²) < 4.78 is 6.90. The Morgan fingerprint density at radius 2 is 2.00 bits per heavy atom. The Morgan fingerprint density at radius 3 is 2.62 bits per heavy atom. The van der Waals surface area contributed by atoms with Crippen LogP contribution in [0.1, 0.15) is 29.4 Å². The van der Waals surface area contributed by atoms with Gasteiger partial charge in [-0.15, -0.1) is 0 Å². The molecule has 0 aliphatic heterocycles. The van der Waals surface area contributed by atoms with Crippen LogP contribution in [0.2, 0.25) is 5.02 Å². The topological polar surface area (TPSA) is 73.2 Å². The van der Waals surface area contributed by atoms with Crippen molar-refractivity contribution in [1.29, 1.82) is 0 Å². The van der Waals surface area contributed by atoms with Gasteiger partial charge in [0.2, 0.25) is 0 Å². The number of amides is 1. The predicted octanol–water partition coefficient (Wildman–Crippen LogP) is 3.58. The molecule has 2 rings (SSSR count). The van der Waals surface area contributed by atoms with Gasteiger partial charge >= 0.3 is 5.97 Å². The third-order valence-corrected chi connectivity index (χ3v) is 4.55. The van der Waals surface area contributed by atoms with Crippen LogP contribution in [-0.2, 0) is 21.4 Å². The van der Waals surface area contributed by atoms with Crippen LogP contribution in [0.25, 0.3) is 6.08 Å². The third-order valence-electron chi connectivity index (χ3n) is 4.14. The summed E-state index contributed by atoms with van der Waals surface area (Å²) in [6.45, 7) is 7.09. The van der Waals surface area contributed by atoms with Crippen LogP contribution in [0.3, 0.4) is 0 Å². The van der Waals surface area contributed by atoms with Crippen molar-refractivity contribution < 1.29 is 14.3 Å². The minimum atomic E-state index is -0.943. The third kappa shape index (κ3) is 4.52. The average Bonchev–Trinajstić information content (AvgIpc) is 2.82. The molecule has 7 heteroatoms. The van der Waals surface area contributed by atoms with E-state index in [4.69, 9.17) is 16.3 Å². The van der Waals surface area contributed by atoms with Crippen LogP contribution in [0.15, 0.2) is 24.3 Å². The van der Waals surface area contributed by atoms with E-state index in [1.807, 2.05) is 20.9 Å². The van der Waals surface area contributed by atoms with Gasteiger partial charge < -0.3 is 10.1 Å². The first-order chi connectivity index (χ1) is 12.2. The number of aromatic nitrogens is 2. The molecule has 26 heavy (non-hydrogen) atoms. The lowest BCUT2D eigenvalue weighted by molar-refractivity contribution is -0.148. The first kappa shape index (κ1) is 19.7. The molecule has 0 radical (unpaired) electrons. The van der Waals surface area contributed by atoms with Crippen LogP contribution < -0.4 is 5.32 Å². The summed E-state index contributed by atoms with van der Waals surface area (Å²) in [7, 11) is 1.84. The van der Waals surface area contributed by atoms with Crippen molar-refractivity contribution >= 4 is 35.2 Å². The lowest BCUT2D eigenvalue weighted by atomic mass is 10.2. The molecule has 2 aromatic rings. The zero-order chi connectivity index (χ0) is 19.4. The molecule has 0 aliphatic rings. The second-order valence-corrected chi connectivity index (χ2v) is 6.43. The molecular formula is C19H22ClN3O3. The number of ether oxygens (including phenoxy) is 1. The Hall–Kier alpha value is -2.60. The summed E-state index contributed by atoms with van der Waals surface area (Å²) in [5.74, 6) is -1.02. The number of hydrogen-bond acceptors (Lipinski definition) is 4. The van der Waals surface area contributed by atoms with Crippen molar-refractivity contribution in [1.82, 2.24) is 9.78 Å². The monoisotopic (exact) mass is 375 g/mol. The fourth-order valence-electron chi connectivity index (χ4n) is 2.43. The maximum atomic E-state index is 12.2. The van der Waals surface area contributed by atoms with Gasteiger partial charge in [0.1, 0.15) is 0 Å². The summed E-state index contributed by atoms with van der Waals surface area (Å²) in [4.78, 5) is 24.2. The molecule has 138 valence electrons. The van der Waals surface area contributed by atoms with Gasteiger partial charge in [0, 0.05) is 35.1 Å². The molecule has 0 aliphatic carbocycles. The number of anilines is 1. The highest BCUT2D eigenvalue weighted by molar-refractivity contribution is 6.31. The van der Waals surface area contributed by atoms with Crippen molar-refractivity contribution in [3.05, 3.63) is 51.8 Å². The fraction of sp³-hybridized carbons (Fsp3) is 0.316. The number of halogens is 1. The number of rotatable bonds is 5. The van der Waals surface area contributed by atoms with Crippen LogP contribution in [0.4, 0.5) is 5.69 Å². The molecule has 0 saturated heterocycles. The molecule has 0 saturated carbocycles. The van der Waals surface area contributed by atoms with Crippen LogP contribution >= 0.6 is 11.6 Å². The van der Waals surface area contributed by atoms with E-state index in [2.05, 4.69) is 10.4 Å². The van der Waals surface area contributed by atoms with Gasteiger partial charge in [0.05, 0.1) is 5.69 Å². The molecule has 0 unspecified atom stereocenters. The van der Waals surface area contributed by atoms with Gasteiger partial charge in [-0.1, -0.05) is 17.7 Å². The second kappa shape index (κ2) is 8.19. The molecule has 1 heterocycles. The quantitative estimate of drug-likeness (QED) is 0.640. The van der Waals surface area contributed by atoms with Crippen molar-refractivity contribution in [3.63, 3.8) is 0 Å². The first-order valence-electron chi connectivity index (χ1n) is 8.15. The zero-order valence-electron chi connectivity index (χ0n) is 15.5. The van der Waals surface area contributed by atoms with Gasteiger partial charge in [0.15, 0.2) is 6.10 Å². The molecule has 1 amide bonds. The highest BCUT2D eigenvalue weighted by atomic mass is 35.5. The lowest BCUT2D eigenvalue weighted by Gasteiger charge is -2.14. The molecule has 0 spiro atoms. The summed E-state index contributed by atoms with van der Waals surface area (Å²) in [5, 5.41) is 7.55. The normalized spacial score (nSPS) is 12.2. The van der Waals surface area contributed by atoms with Crippen molar-refractivity contribution in [3.8, 4) is 0 Å². The summed E-state index contributed by atoms with van der Waals surface area (Å²) in [5.41, 5.74) is 3.95. The maximum absolute atomic E-state index is 12.2. The second-order valence-electron chi connectivity index (χ2n) is 6.02. The van der Waals surface area contributed by atoms with Crippen LogP contribution in [-0.4, -0.2) is 27.8 Å². The highest BCUT2D eigenvalue weighted by Crippen LogP contribution is 2.23. The SMILES string of the molecule is Cc1nn(C)c(C)c1/C=C/C(=O)O[C@@H](C)C(=O)Nc1cccc(Cl)c1C. The van der Waals surface area contributed by atoms with E-state index < -0.39 is 18.0 Å². The molecule has 0 bridgehead atoms. The largest absolute Gasteiger partial charge is 0.449 e. The van der Waals surface area contributed by atoms with Gasteiger partial charge in [-0.3, -0.25) is 9.48 Å². The van der Waals surface area contributed by atoms with Crippen molar-refractivity contribution in [2.24, 2.45) is 7.05 Å². The summed E-state index contributed by atoms with van der Waals surface area (Å²) in [6.07, 6.45) is 2.00. The minimum absolute atomic E-state index is 0.425. The number of nitrogens with one attached hydrogen (secondary N) is 1. The van der Waals surface area contributed by atoms with Gasteiger partial charge in [-0.05, 0) is 51.5 Å². The minimum Gasteiger partial charge on any atom is -0.449 e. The van der Waals surface area contributed by atoms with E-state index in [9.17, 15) is 9.59 Å². The molecule has 1 aromatic heterocycles. The number of nitrogens with zero attached hydrogens (tertiary/aromatic N) is 2. The highest BCUT2D eigenvalue weighted by Gasteiger charge is 2.18. The fourth-order valence-corrected chi connectivity index (χ4v) is 2.60. The van der Waals surface area contributed by atoms with E-state index in [1.54, 1.807) is 35.9 Å². The molecule has 1 aromatic carbocycles.